The Labute approximate surface area is 298 Å². The van der Waals surface area contributed by atoms with E-state index in [0.29, 0.717) is 17.5 Å². The Morgan fingerprint density at radius 1 is 0.442 bits per heavy atom. The van der Waals surface area contributed by atoms with Crippen LogP contribution in [0, 0.1) is 0 Å². The molecule has 0 saturated carbocycles. The zero-order valence-electron chi connectivity index (χ0n) is 28.0. The fourth-order valence-electron chi connectivity index (χ4n) is 8.01. The first-order chi connectivity index (χ1) is 25.8. The molecule has 7 aromatic carbocycles. The van der Waals surface area contributed by atoms with Crippen molar-refractivity contribution in [3.63, 3.8) is 0 Å². The van der Waals surface area contributed by atoms with E-state index < -0.39 is 0 Å². The van der Waals surface area contributed by atoms with Crippen LogP contribution in [0.15, 0.2) is 161 Å². The van der Waals surface area contributed by atoms with Crippen molar-refractivity contribution in [2.24, 2.45) is 0 Å². The number of fused-ring (bicyclic) bond motifs is 9. The minimum atomic E-state index is 0.607. The molecule has 0 aliphatic heterocycles. The van der Waals surface area contributed by atoms with Gasteiger partial charge in [-0.15, -0.1) is 0 Å². The van der Waals surface area contributed by atoms with Crippen molar-refractivity contribution in [2.75, 3.05) is 0 Å². The van der Waals surface area contributed by atoms with Gasteiger partial charge < -0.3 is 8.83 Å². The Kier molecular flexibility index (Phi) is 6.31. The molecule has 0 atom stereocenters. The lowest BCUT2D eigenvalue weighted by atomic mass is 9.94. The van der Waals surface area contributed by atoms with E-state index in [1.165, 1.54) is 16.3 Å². The first-order valence-corrected chi connectivity index (χ1v) is 17.7. The molecule has 0 saturated heterocycles. The van der Waals surface area contributed by atoms with Crippen LogP contribution in [-0.4, -0.2) is 15.0 Å². The molecule has 244 valence electrons. The van der Waals surface area contributed by atoms with Gasteiger partial charge in [-0.3, -0.25) is 0 Å². The van der Waals surface area contributed by atoms with Gasteiger partial charge in [0.1, 0.15) is 22.5 Å². The molecule has 0 N–H and O–H groups in total. The fourth-order valence-corrected chi connectivity index (χ4v) is 8.01. The second-order valence-corrected chi connectivity index (χ2v) is 13.4. The average molecular weight is 668 g/mol. The molecule has 0 spiro atoms. The van der Waals surface area contributed by atoms with E-state index in [1.807, 2.05) is 30.3 Å². The Morgan fingerprint density at radius 2 is 1.08 bits per heavy atom. The van der Waals surface area contributed by atoms with Gasteiger partial charge in [0.25, 0.3) is 0 Å². The van der Waals surface area contributed by atoms with Crippen LogP contribution in [0.4, 0.5) is 0 Å². The van der Waals surface area contributed by atoms with Crippen LogP contribution in [0.2, 0.25) is 0 Å². The molecule has 5 nitrogen and oxygen atoms in total. The van der Waals surface area contributed by atoms with Crippen molar-refractivity contribution in [2.45, 2.75) is 12.8 Å². The van der Waals surface area contributed by atoms with E-state index in [-0.39, 0.29) is 0 Å². The van der Waals surface area contributed by atoms with Crippen LogP contribution in [0.1, 0.15) is 23.6 Å². The average Bonchev–Trinajstić information content (AvgIpc) is 3.79. The summed E-state index contributed by atoms with van der Waals surface area (Å²) in [5.74, 6) is 2.69. The molecule has 3 aromatic heterocycles. The Bertz CT molecular complexity index is 3080. The molecule has 1 aliphatic rings. The van der Waals surface area contributed by atoms with Crippen molar-refractivity contribution >= 4 is 60.0 Å². The lowest BCUT2D eigenvalue weighted by Crippen LogP contribution is -2.06. The predicted octanol–water partition coefficient (Wildman–Crippen LogP) is 12.2. The molecular weight excluding hydrogens is 639 g/mol. The summed E-state index contributed by atoms with van der Waals surface area (Å²) in [5, 5.41) is 7.98. The predicted molar refractivity (Wildman–Crippen MR) is 210 cm³/mol. The molecule has 10 aromatic rings. The monoisotopic (exact) mass is 667 g/mol. The number of allylic oxidation sites excluding steroid dienone is 1. The third kappa shape index (κ3) is 4.46. The highest BCUT2D eigenvalue weighted by atomic mass is 16.3. The summed E-state index contributed by atoms with van der Waals surface area (Å²) in [6.45, 7) is 0. The molecule has 3 heterocycles. The maximum Gasteiger partial charge on any atom is 0.167 e. The van der Waals surface area contributed by atoms with E-state index in [0.717, 1.165) is 90.1 Å². The van der Waals surface area contributed by atoms with E-state index in [4.69, 9.17) is 23.8 Å². The fraction of sp³-hybridized carbons (Fsp3) is 0.0426. The van der Waals surface area contributed by atoms with Crippen LogP contribution in [-0.2, 0) is 6.42 Å². The largest absolute Gasteiger partial charge is 0.456 e. The van der Waals surface area contributed by atoms with E-state index in [9.17, 15) is 0 Å². The second kappa shape index (κ2) is 11.3. The minimum Gasteiger partial charge on any atom is -0.456 e. The summed E-state index contributed by atoms with van der Waals surface area (Å²) in [7, 11) is 0. The van der Waals surface area contributed by atoms with E-state index in [1.54, 1.807) is 0 Å². The molecule has 0 radical (unpaired) electrons. The number of hydrogen-bond acceptors (Lipinski definition) is 5. The standard InChI is InChI=1S/C47H29N3O2/c1-2-12-31-30(11-1)27-39(34-14-4-3-13-33(31)34)47-49-45(48-46(50-47)38-19-9-18-36-35-15-5-7-20-40(35)52-44(36)38)29-25-23-28(24-26-29)32-17-10-22-42-43(32)37-16-6-8-21-41(37)51-42/h1-8,10-17,19-27H,9,18H2. The van der Waals surface area contributed by atoms with Gasteiger partial charge in [0, 0.05) is 32.8 Å². The second-order valence-electron chi connectivity index (χ2n) is 13.4. The molecule has 0 amide bonds. The van der Waals surface area contributed by atoms with Gasteiger partial charge in [-0.05, 0) is 69.8 Å². The van der Waals surface area contributed by atoms with Crippen molar-refractivity contribution in [3.05, 3.63) is 169 Å². The molecule has 0 fully saturated rings. The normalized spacial score (nSPS) is 13.0. The number of aromatic nitrogens is 3. The summed E-state index contributed by atoms with van der Waals surface area (Å²) >= 11 is 0. The highest BCUT2D eigenvalue weighted by Gasteiger charge is 2.25. The Hall–Kier alpha value is -6.85. The summed E-state index contributed by atoms with van der Waals surface area (Å²) in [6, 6.07) is 50.4. The van der Waals surface area contributed by atoms with Gasteiger partial charge in [-0.2, -0.15) is 0 Å². The van der Waals surface area contributed by atoms with Crippen LogP contribution >= 0.6 is 0 Å². The van der Waals surface area contributed by atoms with Crippen LogP contribution < -0.4 is 0 Å². The van der Waals surface area contributed by atoms with Gasteiger partial charge in [0.2, 0.25) is 0 Å². The summed E-state index contributed by atoms with van der Waals surface area (Å²) in [6.07, 6.45) is 4.01. The summed E-state index contributed by atoms with van der Waals surface area (Å²) in [5.41, 5.74) is 8.85. The third-order valence-electron chi connectivity index (χ3n) is 10.4. The number of hydrogen-bond donors (Lipinski definition) is 0. The zero-order chi connectivity index (χ0) is 34.2. The van der Waals surface area contributed by atoms with E-state index in [2.05, 4.69) is 121 Å². The zero-order valence-corrected chi connectivity index (χ0v) is 28.0. The van der Waals surface area contributed by atoms with Gasteiger partial charge in [-0.1, -0.05) is 127 Å². The van der Waals surface area contributed by atoms with Crippen LogP contribution in [0.5, 0.6) is 0 Å². The van der Waals surface area contributed by atoms with Gasteiger partial charge >= 0.3 is 0 Å². The number of benzene rings is 7. The number of furan rings is 2. The summed E-state index contributed by atoms with van der Waals surface area (Å²) < 4.78 is 12.7. The maximum atomic E-state index is 6.52. The molecule has 0 bridgehead atoms. The highest BCUT2D eigenvalue weighted by molar-refractivity contribution is 6.14. The lowest BCUT2D eigenvalue weighted by Gasteiger charge is -2.15. The van der Waals surface area contributed by atoms with Crippen LogP contribution in [0.3, 0.4) is 0 Å². The Morgan fingerprint density at radius 3 is 1.92 bits per heavy atom. The van der Waals surface area contributed by atoms with Gasteiger partial charge in [-0.25, -0.2) is 15.0 Å². The first-order valence-electron chi connectivity index (χ1n) is 17.7. The number of para-hydroxylation sites is 2. The SMILES string of the molecule is C1=C(c2nc(-c3ccc(-c4cccc5oc6ccccc6c45)cc3)nc(-c3cc4ccccc4c4ccccc34)n2)c2oc3ccccc3c2CC1. The highest BCUT2D eigenvalue weighted by Crippen LogP contribution is 2.41. The molecule has 11 rings (SSSR count). The first kappa shape index (κ1) is 28.9. The van der Waals surface area contributed by atoms with Gasteiger partial charge in [0.05, 0.1) is 5.57 Å². The topological polar surface area (TPSA) is 65.0 Å². The van der Waals surface area contributed by atoms with Crippen LogP contribution in [0.25, 0.3) is 93.9 Å². The summed E-state index contributed by atoms with van der Waals surface area (Å²) in [4.78, 5) is 15.6. The van der Waals surface area contributed by atoms with Gasteiger partial charge in [0.15, 0.2) is 17.5 Å². The third-order valence-corrected chi connectivity index (χ3v) is 10.4. The van der Waals surface area contributed by atoms with Crippen molar-refractivity contribution in [3.8, 4) is 33.9 Å². The maximum absolute atomic E-state index is 6.52. The molecular formula is C47H29N3O2. The van der Waals surface area contributed by atoms with Crippen molar-refractivity contribution < 1.29 is 8.83 Å². The Balaban J connectivity index is 1.11. The molecule has 52 heavy (non-hydrogen) atoms. The molecule has 0 unspecified atom stereocenters. The quantitative estimate of drug-likeness (QED) is 0.175. The number of aryl methyl sites for hydroxylation is 1. The molecule has 5 heteroatoms. The van der Waals surface area contributed by atoms with Crippen molar-refractivity contribution in [1.82, 2.24) is 15.0 Å². The smallest absolute Gasteiger partial charge is 0.167 e. The minimum absolute atomic E-state index is 0.607. The lowest BCUT2D eigenvalue weighted by molar-refractivity contribution is 0.590. The van der Waals surface area contributed by atoms with E-state index >= 15 is 0 Å². The number of rotatable bonds is 4. The molecule has 1 aliphatic carbocycles. The van der Waals surface area contributed by atoms with Crippen molar-refractivity contribution in [1.29, 1.82) is 0 Å². The number of nitrogens with zero attached hydrogens (tertiary/aromatic N) is 3.